The van der Waals surface area contributed by atoms with Gasteiger partial charge in [0.1, 0.15) is 17.0 Å². The first-order valence-corrected chi connectivity index (χ1v) is 8.88. The Morgan fingerprint density at radius 1 is 1.29 bits per heavy atom. The normalized spacial score (nSPS) is 11.5. The Bertz CT molecular complexity index is 1050. The Morgan fingerprint density at radius 3 is 2.71 bits per heavy atom. The van der Waals surface area contributed by atoms with E-state index in [0.717, 1.165) is 0 Å². The van der Waals surface area contributed by atoms with Crippen LogP contribution in [0.15, 0.2) is 30.6 Å². The van der Waals surface area contributed by atoms with Crippen molar-refractivity contribution >= 4 is 28.5 Å². The number of rotatable bonds is 5. The minimum absolute atomic E-state index is 0.0487. The third kappa shape index (κ3) is 4.00. The third-order valence-corrected chi connectivity index (χ3v) is 4.18. The molecule has 3 aromatic rings. The highest BCUT2D eigenvalue weighted by Gasteiger charge is 2.19. The monoisotopic (exact) mass is 382 g/mol. The number of amides is 1. The summed E-state index contributed by atoms with van der Waals surface area (Å²) in [6.45, 7) is 6.61. The molecule has 4 N–H and O–H groups in total. The molecule has 7 nitrogen and oxygen atoms in total. The predicted molar refractivity (Wildman–Crippen MR) is 108 cm³/mol. The molecule has 2 aromatic heterocycles. The molecule has 0 unspecified atom stereocenters. The summed E-state index contributed by atoms with van der Waals surface area (Å²) in [7, 11) is 1.66. The fourth-order valence-corrected chi connectivity index (χ4v) is 2.70. The van der Waals surface area contributed by atoms with Crippen LogP contribution in [0, 0.1) is 16.6 Å². The summed E-state index contributed by atoms with van der Waals surface area (Å²) in [5.41, 5.74) is 2.52. The summed E-state index contributed by atoms with van der Waals surface area (Å²) in [6.07, 6.45) is 3.02. The molecule has 0 aliphatic rings. The van der Waals surface area contributed by atoms with Crippen molar-refractivity contribution in [2.75, 3.05) is 18.9 Å². The van der Waals surface area contributed by atoms with Gasteiger partial charge in [-0.25, -0.2) is 14.4 Å². The van der Waals surface area contributed by atoms with E-state index in [1.165, 1.54) is 24.4 Å². The summed E-state index contributed by atoms with van der Waals surface area (Å²) in [6, 6.07) is 4.12. The maximum Gasteiger partial charge on any atom is 0.255 e. The minimum Gasteiger partial charge on any atom is -0.387 e. The average Bonchev–Trinajstić information content (AvgIpc) is 3.08. The molecule has 0 aliphatic carbocycles. The number of aromatic amines is 1. The zero-order chi connectivity index (χ0) is 20.5. The Kier molecular flexibility index (Phi) is 5.13. The van der Waals surface area contributed by atoms with Crippen LogP contribution in [0.2, 0.25) is 0 Å². The van der Waals surface area contributed by atoms with E-state index in [2.05, 4.69) is 25.6 Å². The number of hydrogen-bond acceptors (Lipinski definition) is 5. The van der Waals surface area contributed by atoms with E-state index in [1.807, 2.05) is 20.8 Å². The number of carbonyl (C=O) groups is 1. The highest BCUT2D eigenvalue weighted by Crippen LogP contribution is 2.21. The second-order valence-corrected chi connectivity index (χ2v) is 7.71. The van der Waals surface area contributed by atoms with E-state index in [0.29, 0.717) is 40.2 Å². The summed E-state index contributed by atoms with van der Waals surface area (Å²) in [5, 5.41) is 14.2. The van der Waals surface area contributed by atoms with Gasteiger partial charge in [0.25, 0.3) is 5.91 Å². The zero-order valence-electron chi connectivity index (χ0n) is 16.3. The molecule has 0 aliphatic heterocycles. The van der Waals surface area contributed by atoms with Crippen LogP contribution in [-0.4, -0.2) is 40.2 Å². The van der Waals surface area contributed by atoms with Gasteiger partial charge in [-0.05, 0) is 23.6 Å². The number of fused-ring (bicyclic) bond motifs is 1. The van der Waals surface area contributed by atoms with Gasteiger partial charge < -0.3 is 15.6 Å². The zero-order valence-corrected chi connectivity index (χ0v) is 16.3. The van der Waals surface area contributed by atoms with Gasteiger partial charge in [0.15, 0.2) is 5.65 Å². The van der Waals surface area contributed by atoms with Crippen LogP contribution >= 0.6 is 0 Å². The quantitative estimate of drug-likeness (QED) is 0.508. The van der Waals surface area contributed by atoms with Crippen molar-refractivity contribution in [2.45, 2.75) is 20.8 Å². The highest BCUT2D eigenvalue weighted by molar-refractivity contribution is 6.14. The molecule has 28 heavy (non-hydrogen) atoms. The first-order valence-electron chi connectivity index (χ1n) is 8.88. The van der Waals surface area contributed by atoms with E-state index in [1.54, 1.807) is 13.2 Å². The molecule has 0 saturated heterocycles. The molecule has 2 heterocycles. The fraction of sp³-hybridized carbons (Fsp3) is 0.300. The van der Waals surface area contributed by atoms with Gasteiger partial charge >= 0.3 is 0 Å². The summed E-state index contributed by atoms with van der Waals surface area (Å²) in [4.78, 5) is 24.2. The molecule has 0 fully saturated rings. The fourth-order valence-electron chi connectivity index (χ4n) is 2.70. The van der Waals surface area contributed by atoms with Gasteiger partial charge in [0, 0.05) is 31.0 Å². The maximum atomic E-state index is 13.5. The van der Waals surface area contributed by atoms with Crippen LogP contribution in [-0.2, 0) is 0 Å². The number of anilines is 1. The van der Waals surface area contributed by atoms with Crippen molar-refractivity contribution in [3.05, 3.63) is 53.2 Å². The lowest BCUT2D eigenvalue weighted by atomic mass is 9.97. The van der Waals surface area contributed by atoms with Crippen LogP contribution < -0.4 is 10.6 Å². The van der Waals surface area contributed by atoms with Gasteiger partial charge in [-0.2, -0.15) is 0 Å². The minimum atomic E-state index is -0.397. The Balaban J connectivity index is 1.96. The highest BCUT2D eigenvalue weighted by atomic mass is 19.1. The summed E-state index contributed by atoms with van der Waals surface area (Å²) in [5.74, 6) is -0.650. The smallest absolute Gasteiger partial charge is 0.255 e. The third-order valence-electron chi connectivity index (χ3n) is 4.18. The van der Waals surface area contributed by atoms with E-state index >= 15 is 0 Å². The van der Waals surface area contributed by atoms with Gasteiger partial charge in [-0.1, -0.05) is 20.8 Å². The molecule has 3 rings (SSSR count). The second-order valence-electron chi connectivity index (χ2n) is 7.71. The number of aromatic nitrogens is 3. The molecule has 1 aromatic carbocycles. The molecule has 0 atom stereocenters. The molecule has 8 heteroatoms. The Morgan fingerprint density at radius 2 is 2.04 bits per heavy atom. The van der Waals surface area contributed by atoms with E-state index in [9.17, 15) is 9.18 Å². The van der Waals surface area contributed by atoms with Crippen LogP contribution in [0.3, 0.4) is 0 Å². The van der Waals surface area contributed by atoms with Crippen molar-refractivity contribution in [3.63, 3.8) is 0 Å². The van der Waals surface area contributed by atoms with Crippen LogP contribution in [0.1, 0.15) is 42.4 Å². The number of hydrogen-bond donors (Lipinski definition) is 4. The van der Waals surface area contributed by atoms with E-state index in [-0.39, 0.29) is 17.0 Å². The van der Waals surface area contributed by atoms with Crippen molar-refractivity contribution in [2.24, 2.45) is 5.41 Å². The number of H-pyrrole nitrogens is 1. The first-order chi connectivity index (χ1) is 13.2. The van der Waals surface area contributed by atoms with E-state index in [4.69, 9.17) is 5.41 Å². The number of nitrogens with one attached hydrogen (secondary N) is 4. The molecule has 0 saturated carbocycles. The molecule has 0 bridgehead atoms. The average molecular weight is 382 g/mol. The Hall–Kier alpha value is -3.29. The molecule has 146 valence electrons. The van der Waals surface area contributed by atoms with Gasteiger partial charge in [0.2, 0.25) is 0 Å². The second kappa shape index (κ2) is 7.38. The molecular weight excluding hydrogens is 359 g/mol. The lowest BCUT2D eigenvalue weighted by Gasteiger charge is -2.18. The first kappa shape index (κ1) is 19.5. The SMILES string of the molecule is CNc1cc(F)ccc1C(=N)c1cnc2[nH]cc(C(=O)NCC(C)(C)C)c2n1. The molecule has 1 amide bonds. The van der Waals surface area contributed by atoms with Crippen molar-refractivity contribution in [1.82, 2.24) is 20.3 Å². The van der Waals surface area contributed by atoms with Crippen LogP contribution in [0.25, 0.3) is 11.2 Å². The van der Waals surface area contributed by atoms with Crippen LogP contribution in [0.4, 0.5) is 10.1 Å². The van der Waals surface area contributed by atoms with Crippen molar-refractivity contribution < 1.29 is 9.18 Å². The lowest BCUT2D eigenvalue weighted by Crippen LogP contribution is -2.32. The number of carbonyl (C=O) groups excluding carboxylic acids is 1. The van der Waals surface area contributed by atoms with Gasteiger partial charge in [0.05, 0.1) is 17.5 Å². The van der Waals surface area contributed by atoms with Gasteiger partial charge in [-0.15, -0.1) is 0 Å². The number of nitrogens with zero attached hydrogens (tertiary/aromatic N) is 2. The van der Waals surface area contributed by atoms with Crippen molar-refractivity contribution in [3.8, 4) is 0 Å². The predicted octanol–water partition coefficient (Wildman–Crippen LogP) is 3.33. The number of benzene rings is 1. The largest absolute Gasteiger partial charge is 0.387 e. The lowest BCUT2D eigenvalue weighted by molar-refractivity contribution is 0.0941. The number of halogens is 1. The Labute approximate surface area is 162 Å². The molecule has 0 spiro atoms. The standard InChI is InChI=1S/C20H23FN6O/c1-20(2,3)10-26-19(28)13-8-24-18-17(13)27-15(9-25-18)16(22)12-6-5-11(21)7-14(12)23-4/h5-9,22-23H,10H2,1-4H3,(H,24,25)(H,26,28). The van der Waals surface area contributed by atoms with E-state index < -0.39 is 5.82 Å². The van der Waals surface area contributed by atoms with Crippen molar-refractivity contribution in [1.29, 1.82) is 5.41 Å². The topological polar surface area (TPSA) is 107 Å². The molecular formula is C20H23FN6O. The summed E-state index contributed by atoms with van der Waals surface area (Å²) >= 11 is 0. The van der Waals surface area contributed by atoms with Gasteiger partial charge in [-0.3, -0.25) is 10.2 Å². The molecule has 0 radical (unpaired) electrons. The van der Waals surface area contributed by atoms with Crippen LogP contribution in [0.5, 0.6) is 0 Å². The maximum absolute atomic E-state index is 13.5. The summed E-state index contributed by atoms with van der Waals surface area (Å²) < 4.78 is 13.5.